The molecule has 0 aliphatic carbocycles. The monoisotopic (exact) mass is 307 g/mol. The van der Waals surface area contributed by atoms with Crippen LogP contribution in [-0.4, -0.2) is 32.9 Å². The minimum atomic E-state index is -0.563. The third kappa shape index (κ3) is 3.18. The summed E-state index contributed by atoms with van der Waals surface area (Å²) in [5.41, 5.74) is 0.897. The van der Waals surface area contributed by atoms with Crippen LogP contribution in [0, 0.1) is 0 Å². The second kappa shape index (κ2) is 6.62. The van der Waals surface area contributed by atoms with Gasteiger partial charge in [0, 0.05) is 13.5 Å². The standard InChI is InChI=1S/C14H17N3O3S/c1-4-6-17-8-15-7-10(17)13-16-11(14(19)20-5-2)12(21-13)9(3)18/h7-8H,4-6H2,1-3H3. The summed E-state index contributed by atoms with van der Waals surface area (Å²) in [6, 6.07) is 0. The van der Waals surface area contributed by atoms with Crippen LogP contribution < -0.4 is 0 Å². The molecule has 0 N–H and O–H groups in total. The predicted octanol–water partition coefficient (Wildman–Crippen LogP) is 2.80. The minimum Gasteiger partial charge on any atom is -0.461 e. The second-order valence-electron chi connectivity index (χ2n) is 4.45. The van der Waals surface area contributed by atoms with Crippen molar-refractivity contribution < 1.29 is 14.3 Å². The molecule has 0 amide bonds. The van der Waals surface area contributed by atoms with Crippen LogP contribution in [0.25, 0.3) is 10.7 Å². The largest absolute Gasteiger partial charge is 0.461 e. The number of hydrogen-bond acceptors (Lipinski definition) is 6. The van der Waals surface area contributed by atoms with Crippen LogP contribution in [0.15, 0.2) is 12.5 Å². The van der Waals surface area contributed by atoms with E-state index in [1.165, 1.54) is 18.3 Å². The fourth-order valence-electron chi connectivity index (χ4n) is 1.92. The molecule has 0 unspecified atom stereocenters. The molecule has 0 saturated carbocycles. The summed E-state index contributed by atoms with van der Waals surface area (Å²) in [6.07, 6.45) is 4.37. The highest BCUT2D eigenvalue weighted by Gasteiger charge is 2.23. The number of rotatable bonds is 6. The van der Waals surface area contributed by atoms with E-state index in [1.807, 2.05) is 4.57 Å². The van der Waals surface area contributed by atoms with Crippen molar-refractivity contribution in [3.8, 4) is 10.7 Å². The number of aryl methyl sites for hydroxylation is 1. The lowest BCUT2D eigenvalue weighted by molar-refractivity contribution is 0.0517. The topological polar surface area (TPSA) is 74.1 Å². The highest BCUT2D eigenvalue weighted by molar-refractivity contribution is 7.17. The summed E-state index contributed by atoms with van der Waals surface area (Å²) in [6.45, 7) is 6.25. The van der Waals surface area contributed by atoms with E-state index in [1.54, 1.807) is 19.4 Å². The van der Waals surface area contributed by atoms with E-state index in [2.05, 4.69) is 16.9 Å². The Morgan fingerprint density at radius 2 is 2.14 bits per heavy atom. The number of ketones is 1. The molecule has 0 aliphatic rings. The molecule has 0 fully saturated rings. The Bertz CT molecular complexity index is 660. The zero-order valence-corrected chi connectivity index (χ0v) is 13.1. The summed E-state index contributed by atoms with van der Waals surface area (Å²) >= 11 is 1.20. The van der Waals surface area contributed by atoms with Crippen LogP contribution in [0.3, 0.4) is 0 Å². The molecule has 21 heavy (non-hydrogen) atoms. The van der Waals surface area contributed by atoms with Crippen molar-refractivity contribution in [2.75, 3.05) is 6.61 Å². The molecule has 2 aromatic rings. The van der Waals surface area contributed by atoms with Gasteiger partial charge in [0.2, 0.25) is 0 Å². The van der Waals surface area contributed by atoms with E-state index in [-0.39, 0.29) is 18.1 Å². The molecule has 0 aromatic carbocycles. The smallest absolute Gasteiger partial charge is 0.358 e. The number of aromatic nitrogens is 3. The fourth-order valence-corrected chi connectivity index (χ4v) is 2.90. The Hall–Kier alpha value is -2.02. The third-order valence-electron chi connectivity index (χ3n) is 2.81. The number of carbonyl (C=O) groups excluding carboxylic acids is 2. The zero-order valence-electron chi connectivity index (χ0n) is 12.3. The van der Waals surface area contributed by atoms with Crippen molar-refractivity contribution in [1.82, 2.24) is 14.5 Å². The average Bonchev–Trinajstić information content (AvgIpc) is 3.05. The van der Waals surface area contributed by atoms with E-state index in [9.17, 15) is 9.59 Å². The van der Waals surface area contributed by atoms with Crippen LogP contribution >= 0.6 is 11.3 Å². The summed E-state index contributed by atoms with van der Waals surface area (Å²) in [5, 5.41) is 0.606. The summed E-state index contributed by atoms with van der Waals surface area (Å²) < 4.78 is 6.91. The normalized spacial score (nSPS) is 10.6. The highest BCUT2D eigenvalue weighted by Crippen LogP contribution is 2.29. The van der Waals surface area contributed by atoms with E-state index in [0.29, 0.717) is 9.88 Å². The van der Waals surface area contributed by atoms with Gasteiger partial charge in [0.1, 0.15) is 9.88 Å². The molecular formula is C14H17N3O3S. The van der Waals surface area contributed by atoms with Gasteiger partial charge in [-0.1, -0.05) is 6.92 Å². The maximum absolute atomic E-state index is 11.9. The van der Waals surface area contributed by atoms with E-state index >= 15 is 0 Å². The highest BCUT2D eigenvalue weighted by atomic mass is 32.1. The van der Waals surface area contributed by atoms with Gasteiger partial charge in [-0.05, 0) is 13.3 Å². The van der Waals surface area contributed by atoms with Crippen molar-refractivity contribution in [1.29, 1.82) is 0 Å². The Morgan fingerprint density at radius 1 is 1.38 bits per heavy atom. The number of esters is 1. The zero-order chi connectivity index (χ0) is 15.4. The first-order valence-corrected chi connectivity index (χ1v) is 7.59. The van der Waals surface area contributed by atoms with Crippen molar-refractivity contribution in [3.63, 3.8) is 0 Å². The SMILES string of the molecule is CCCn1cncc1-c1nc(C(=O)OCC)c(C(C)=O)s1. The first-order valence-electron chi connectivity index (χ1n) is 6.77. The molecule has 2 aromatic heterocycles. The molecule has 2 heterocycles. The number of hydrogen-bond donors (Lipinski definition) is 0. The Kier molecular flexibility index (Phi) is 4.85. The van der Waals surface area contributed by atoms with Gasteiger partial charge in [-0.3, -0.25) is 4.79 Å². The summed E-state index contributed by atoms with van der Waals surface area (Å²) in [5.74, 6) is -0.755. The van der Waals surface area contributed by atoms with Crippen molar-refractivity contribution in [3.05, 3.63) is 23.1 Å². The third-order valence-corrected chi connectivity index (χ3v) is 3.99. The maximum Gasteiger partial charge on any atom is 0.358 e. The van der Waals surface area contributed by atoms with Crippen LogP contribution in [0.5, 0.6) is 0 Å². The summed E-state index contributed by atoms with van der Waals surface area (Å²) in [7, 11) is 0. The molecular weight excluding hydrogens is 290 g/mol. The number of ether oxygens (including phenoxy) is 1. The van der Waals surface area contributed by atoms with Gasteiger partial charge in [0.05, 0.1) is 24.8 Å². The van der Waals surface area contributed by atoms with Crippen molar-refractivity contribution >= 4 is 23.1 Å². The lowest BCUT2D eigenvalue weighted by atomic mass is 10.3. The molecule has 2 rings (SSSR count). The molecule has 7 heteroatoms. The maximum atomic E-state index is 11.9. The molecule has 0 spiro atoms. The first-order chi connectivity index (χ1) is 10.1. The number of carbonyl (C=O) groups is 2. The number of nitrogens with zero attached hydrogens (tertiary/aromatic N) is 3. The van der Waals surface area contributed by atoms with Crippen LogP contribution in [-0.2, 0) is 11.3 Å². The van der Waals surface area contributed by atoms with E-state index in [4.69, 9.17) is 4.74 Å². The van der Waals surface area contributed by atoms with E-state index < -0.39 is 5.97 Å². The van der Waals surface area contributed by atoms with Crippen LogP contribution in [0.2, 0.25) is 0 Å². The lowest BCUT2D eigenvalue weighted by Gasteiger charge is -2.02. The summed E-state index contributed by atoms with van der Waals surface area (Å²) in [4.78, 5) is 32.4. The Labute approximate surface area is 126 Å². The van der Waals surface area contributed by atoms with E-state index in [0.717, 1.165) is 18.7 Å². The first kappa shape index (κ1) is 15.4. The van der Waals surface area contributed by atoms with Gasteiger partial charge in [-0.15, -0.1) is 11.3 Å². The van der Waals surface area contributed by atoms with Gasteiger partial charge in [0.15, 0.2) is 11.5 Å². The number of thiazole rings is 1. The van der Waals surface area contributed by atoms with Gasteiger partial charge in [-0.25, -0.2) is 14.8 Å². The molecule has 112 valence electrons. The van der Waals surface area contributed by atoms with Crippen molar-refractivity contribution in [2.45, 2.75) is 33.7 Å². The lowest BCUT2D eigenvalue weighted by Crippen LogP contribution is -2.09. The molecule has 6 nitrogen and oxygen atoms in total. The number of Topliss-reactive ketones (excluding diaryl/α,β-unsaturated/α-hetero) is 1. The number of imidazole rings is 1. The van der Waals surface area contributed by atoms with Crippen LogP contribution in [0.4, 0.5) is 0 Å². The second-order valence-corrected chi connectivity index (χ2v) is 5.44. The van der Waals surface area contributed by atoms with Crippen LogP contribution in [0.1, 0.15) is 47.4 Å². The molecule has 0 radical (unpaired) electrons. The van der Waals surface area contributed by atoms with Gasteiger partial charge < -0.3 is 9.30 Å². The molecule has 0 aliphatic heterocycles. The Morgan fingerprint density at radius 3 is 2.76 bits per heavy atom. The molecule has 0 atom stereocenters. The Balaban J connectivity index is 2.46. The van der Waals surface area contributed by atoms with Gasteiger partial charge in [0.25, 0.3) is 0 Å². The minimum absolute atomic E-state index is 0.0913. The fraction of sp³-hybridized carbons (Fsp3) is 0.429. The van der Waals surface area contributed by atoms with Gasteiger partial charge >= 0.3 is 5.97 Å². The predicted molar refractivity (Wildman–Crippen MR) is 79.6 cm³/mol. The average molecular weight is 307 g/mol. The molecule has 0 saturated heterocycles. The quantitative estimate of drug-likeness (QED) is 0.606. The van der Waals surface area contributed by atoms with Gasteiger partial charge in [-0.2, -0.15) is 0 Å². The molecule has 0 bridgehead atoms. The van der Waals surface area contributed by atoms with Crippen molar-refractivity contribution in [2.24, 2.45) is 0 Å².